The van der Waals surface area contributed by atoms with Gasteiger partial charge >= 0.3 is 0 Å². The molecule has 0 spiro atoms. The van der Waals surface area contributed by atoms with Crippen molar-refractivity contribution in [1.82, 2.24) is 0 Å². The van der Waals surface area contributed by atoms with Gasteiger partial charge in [0.1, 0.15) is 0 Å². The second-order valence-electron chi connectivity index (χ2n) is 4.89. The van der Waals surface area contributed by atoms with E-state index in [2.05, 4.69) is 32.0 Å². The summed E-state index contributed by atoms with van der Waals surface area (Å²) in [4.78, 5) is 0. The lowest BCUT2D eigenvalue weighted by Gasteiger charge is -2.16. The minimum atomic E-state index is -0.180. The van der Waals surface area contributed by atoms with Gasteiger partial charge in [-0.3, -0.25) is 0 Å². The van der Waals surface area contributed by atoms with Crippen LogP contribution in [0.3, 0.4) is 0 Å². The first-order chi connectivity index (χ1) is 9.56. The van der Waals surface area contributed by atoms with Gasteiger partial charge in [-0.15, -0.1) is 0 Å². The number of hydrogen-bond donors (Lipinski definition) is 1. The van der Waals surface area contributed by atoms with Crippen molar-refractivity contribution < 1.29 is 0 Å². The summed E-state index contributed by atoms with van der Waals surface area (Å²) in [5, 5.41) is 1.10. The fourth-order valence-corrected chi connectivity index (χ4v) is 2.72. The third kappa shape index (κ3) is 3.17. The number of hydrogen-bond acceptors (Lipinski definition) is 1. The molecule has 0 bridgehead atoms. The van der Waals surface area contributed by atoms with Crippen LogP contribution in [-0.4, -0.2) is 0 Å². The van der Waals surface area contributed by atoms with Crippen LogP contribution in [0.2, 0.25) is 10.0 Å². The molecule has 0 radical (unpaired) electrons. The number of nitrogens with two attached hydrogens (primary N) is 1. The van der Waals surface area contributed by atoms with Gasteiger partial charge in [0.15, 0.2) is 0 Å². The van der Waals surface area contributed by atoms with E-state index in [0.29, 0.717) is 10.0 Å². The largest absolute Gasteiger partial charge is 0.320 e. The van der Waals surface area contributed by atoms with E-state index in [1.54, 1.807) is 6.07 Å². The van der Waals surface area contributed by atoms with E-state index in [4.69, 9.17) is 28.9 Å². The number of rotatable bonds is 4. The summed E-state index contributed by atoms with van der Waals surface area (Å²) < 4.78 is 0. The zero-order valence-electron chi connectivity index (χ0n) is 11.8. The summed E-state index contributed by atoms with van der Waals surface area (Å²) in [6, 6.07) is 11.9. The van der Waals surface area contributed by atoms with E-state index in [0.717, 1.165) is 24.0 Å². The molecule has 0 aliphatic rings. The molecular weight excluding hydrogens is 289 g/mol. The topological polar surface area (TPSA) is 26.0 Å². The zero-order chi connectivity index (χ0) is 14.7. The highest BCUT2D eigenvalue weighted by Gasteiger charge is 2.12. The van der Waals surface area contributed by atoms with E-state index in [1.807, 2.05) is 12.1 Å². The Hall–Kier alpha value is -1.02. The molecule has 0 fully saturated rings. The number of aryl methyl sites for hydroxylation is 2. The van der Waals surface area contributed by atoms with Crippen molar-refractivity contribution in [2.75, 3.05) is 0 Å². The predicted molar refractivity (Wildman–Crippen MR) is 87.7 cm³/mol. The second kappa shape index (κ2) is 6.62. The monoisotopic (exact) mass is 307 g/mol. The highest BCUT2D eigenvalue weighted by Crippen LogP contribution is 2.28. The molecule has 0 amide bonds. The molecule has 3 heteroatoms. The molecule has 0 saturated heterocycles. The van der Waals surface area contributed by atoms with Gasteiger partial charge in [0.25, 0.3) is 0 Å². The Morgan fingerprint density at radius 2 is 1.45 bits per heavy atom. The molecule has 20 heavy (non-hydrogen) atoms. The number of benzene rings is 2. The van der Waals surface area contributed by atoms with E-state index in [1.165, 1.54) is 11.1 Å². The fourth-order valence-electron chi connectivity index (χ4n) is 2.41. The molecular formula is C17H19Cl2N. The van der Waals surface area contributed by atoms with E-state index >= 15 is 0 Å². The summed E-state index contributed by atoms with van der Waals surface area (Å²) in [5.41, 5.74) is 11.2. The van der Waals surface area contributed by atoms with Crippen LogP contribution in [0, 0.1) is 0 Å². The van der Waals surface area contributed by atoms with Gasteiger partial charge in [0.05, 0.1) is 16.1 Å². The van der Waals surface area contributed by atoms with Gasteiger partial charge in [-0.2, -0.15) is 0 Å². The average Bonchev–Trinajstić information content (AvgIpc) is 2.48. The van der Waals surface area contributed by atoms with Gasteiger partial charge in [-0.05, 0) is 47.2 Å². The van der Waals surface area contributed by atoms with Crippen molar-refractivity contribution in [2.24, 2.45) is 5.73 Å². The molecule has 0 aliphatic heterocycles. The van der Waals surface area contributed by atoms with Crippen LogP contribution in [-0.2, 0) is 12.8 Å². The first-order valence-electron chi connectivity index (χ1n) is 6.89. The van der Waals surface area contributed by atoms with Crippen molar-refractivity contribution >= 4 is 23.2 Å². The van der Waals surface area contributed by atoms with Crippen LogP contribution in [0.1, 0.15) is 42.1 Å². The van der Waals surface area contributed by atoms with Crippen molar-refractivity contribution in [2.45, 2.75) is 32.7 Å². The lowest BCUT2D eigenvalue weighted by Crippen LogP contribution is -2.12. The molecule has 0 aromatic heterocycles. The number of halogens is 2. The molecule has 2 aromatic rings. The Labute approximate surface area is 130 Å². The average molecular weight is 308 g/mol. The first kappa shape index (κ1) is 15.4. The summed E-state index contributed by atoms with van der Waals surface area (Å²) in [5.74, 6) is 0. The molecule has 106 valence electrons. The van der Waals surface area contributed by atoms with Gasteiger partial charge in [0, 0.05) is 0 Å². The second-order valence-corrected chi connectivity index (χ2v) is 5.70. The quantitative estimate of drug-likeness (QED) is 0.829. The minimum Gasteiger partial charge on any atom is -0.320 e. The Kier molecular flexibility index (Phi) is 5.09. The fraction of sp³-hybridized carbons (Fsp3) is 0.294. The minimum absolute atomic E-state index is 0.180. The molecule has 0 heterocycles. The predicted octanol–water partition coefficient (Wildman–Crippen LogP) is 5.17. The van der Waals surface area contributed by atoms with Gasteiger partial charge in [0.2, 0.25) is 0 Å². The van der Waals surface area contributed by atoms with Crippen LogP contribution in [0.15, 0.2) is 36.4 Å². The molecule has 0 saturated carbocycles. The molecule has 2 aromatic carbocycles. The summed E-state index contributed by atoms with van der Waals surface area (Å²) in [6.45, 7) is 4.34. The highest BCUT2D eigenvalue weighted by molar-refractivity contribution is 6.42. The molecule has 1 nitrogen and oxygen atoms in total. The van der Waals surface area contributed by atoms with E-state index in [-0.39, 0.29) is 6.04 Å². The maximum atomic E-state index is 6.35. The highest BCUT2D eigenvalue weighted by atomic mass is 35.5. The smallest absolute Gasteiger partial charge is 0.0595 e. The first-order valence-corrected chi connectivity index (χ1v) is 7.64. The van der Waals surface area contributed by atoms with Crippen LogP contribution in [0.4, 0.5) is 0 Å². The molecule has 2 rings (SSSR count). The SMILES string of the molecule is CCc1ccc(C(N)c2ccc(Cl)c(Cl)c2)cc1CC. The molecule has 1 unspecified atom stereocenters. The molecule has 1 atom stereocenters. The lowest BCUT2D eigenvalue weighted by molar-refractivity contribution is 0.863. The Balaban J connectivity index is 2.37. The Bertz CT molecular complexity index is 608. The van der Waals surface area contributed by atoms with E-state index < -0.39 is 0 Å². The lowest BCUT2D eigenvalue weighted by atomic mass is 9.94. The Morgan fingerprint density at radius 3 is 2.05 bits per heavy atom. The summed E-state index contributed by atoms with van der Waals surface area (Å²) in [6.07, 6.45) is 2.07. The van der Waals surface area contributed by atoms with Crippen molar-refractivity contribution in [3.63, 3.8) is 0 Å². The van der Waals surface area contributed by atoms with Gasteiger partial charge in [-0.1, -0.05) is 61.3 Å². The van der Waals surface area contributed by atoms with Crippen molar-refractivity contribution in [3.8, 4) is 0 Å². The third-order valence-electron chi connectivity index (χ3n) is 3.65. The molecule has 0 aliphatic carbocycles. The third-order valence-corrected chi connectivity index (χ3v) is 4.39. The van der Waals surface area contributed by atoms with E-state index in [9.17, 15) is 0 Å². The maximum absolute atomic E-state index is 6.35. The van der Waals surface area contributed by atoms with Crippen molar-refractivity contribution in [1.29, 1.82) is 0 Å². The van der Waals surface area contributed by atoms with Crippen molar-refractivity contribution in [3.05, 3.63) is 68.7 Å². The van der Waals surface area contributed by atoms with Crippen LogP contribution in [0.25, 0.3) is 0 Å². The van der Waals surface area contributed by atoms with Crippen LogP contribution >= 0.6 is 23.2 Å². The van der Waals surface area contributed by atoms with Crippen LogP contribution in [0.5, 0.6) is 0 Å². The van der Waals surface area contributed by atoms with Gasteiger partial charge < -0.3 is 5.73 Å². The standard InChI is InChI=1S/C17H19Cl2N/c1-3-11-5-6-13(9-12(11)4-2)17(20)14-7-8-15(18)16(19)10-14/h5-10,17H,3-4,20H2,1-2H3. The molecule has 2 N–H and O–H groups in total. The van der Waals surface area contributed by atoms with Crippen LogP contribution < -0.4 is 5.73 Å². The zero-order valence-corrected chi connectivity index (χ0v) is 13.3. The summed E-state index contributed by atoms with van der Waals surface area (Å²) in [7, 11) is 0. The Morgan fingerprint density at radius 1 is 0.850 bits per heavy atom. The van der Waals surface area contributed by atoms with Gasteiger partial charge in [-0.25, -0.2) is 0 Å². The summed E-state index contributed by atoms with van der Waals surface area (Å²) >= 11 is 12.0. The normalized spacial score (nSPS) is 12.4. The maximum Gasteiger partial charge on any atom is 0.0595 e.